The lowest BCUT2D eigenvalue weighted by molar-refractivity contribution is 0.102. The first-order chi connectivity index (χ1) is 13.8. The molecule has 0 aliphatic heterocycles. The van der Waals surface area contributed by atoms with E-state index in [1.165, 1.54) is 18.6 Å². The summed E-state index contributed by atoms with van der Waals surface area (Å²) >= 11 is 0. The molecule has 1 aliphatic carbocycles. The van der Waals surface area contributed by atoms with Crippen LogP contribution in [-0.4, -0.2) is 26.5 Å². The Kier molecular flexibility index (Phi) is 6.92. The zero-order valence-electron chi connectivity index (χ0n) is 16.9. The van der Waals surface area contributed by atoms with Crippen molar-refractivity contribution in [3.63, 3.8) is 0 Å². The van der Waals surface area contributed by atoms with Gasteiger partial charge in [0.25, 0.3) is 5.91 Å². The normalized spacial score (nSPS) is 15.3. The van der Waals surface area contributed by atoms with Gasteiger partial charge in [0.1, 0.15) is 5.75 Å². The molecule has 0 atom stereocenters. The number of sulfonamides is 1. The summed E-state index contributed by atoms with van der Waals surface area (Å²) in [5, 5.41) is 2.79. The summed E-state index contributed by atoms with van der Waals surface area (Å²) in [6.45, 7) is 3.84. The minimum atomic E-state index is -3.55. The largest absolute Gasteiger partial charge is 0.491 e. The van der Waals surface area contributed by atoms with E-state index in [1.807, 2.05) is 13.8 Å². The number of benzene rings is 2. The van der Waals surface area contributed by atoms with Crippen molar-refractivity contribution in [2.45, 2.75) is 63.0 Å². The highest BCUT2D eigenvalue weighted by molar-refractivity contribution is 7.89. The van der Waals surface area contributed by atoms with Crippen molar-refractivity contribution in [3.05, 3.63) is 54.1 Å². The lowest BCUT2D eigenvalue weighted by Gasteiger charge is -2.22. The van der Waals surface area contributed by atoms with Crippen molar-refractivity contribution in [1.82, 2.24) is 4.72 Å². The fourth-order valence-electron chi connectivity index (χ4n) is 3.41. The SMILES string of the molecule is CC(C)Oc1cccc(C(=O)Nc2ccc(S(=O)(=O)NC3CCCCC3)cc2)c1. The standard InChI is InChI=1S/C22H28N2O4S/c1-16(2)28-20-10-6-7-17(15-20)22(25)23-18-11-13-21(14-12-18)29(26,27)24-19-8-4-3-5-9-19/h6-7,10-16,19,24H,3-5,8-9H2,1-2H3,(H,23,25). The van der Waals surface area contributed by atoms with Gasteiger partial charge in [-0.25, -0.2) is 13.1 Å². The number of amides is 1. The summed E-state index contributed by atoms with van der Waals surface area (Å²) in [5.74, 6) is 0.345. The van der Waals surface area contributed by atoms with Crippen molar-refractivity contribution >= 4 is 21.6 Å². The minimum absolute atomic E-state index is 0.00784. The lowest BCUT2D eigenvalue weighted by Crippen LogP contribution is -2.36. The topological polar surface area (TPSA) is 84.5 Å². The smallest absolute Gasteiger partial charge is 0.255 e. The fraction of sp³-hybridized carbons (Fsp3) is 0.409. The monoisotopic (exact) mass is 416 g/mol. The Morgan fingerprint density at radius 2 is 1.72 bits per heavy atom. The third-order valence-electron chi connectivity index (χ3n) is 4.82. The second kappa shape index (κ2) is 9.41. The van der Waals surface area contributed by atoms with E-state index in [2.05, 4.69) is 10.0 Å². The van der Waals surface area contributed by atoms with Crippen LogP contribution >= 0.6 is 0 Å². The molecule has 0 saturated heterocycles. The van der Waals surface area contributed by atoms with Gasteiger partial charge in [0, 0.05) is 17.3 Å². The highest BCUT2D eigenvalue weighted by Gasteiger charge is 2.21. The molecule has 7 heteroatoms. The second-order valence-electron chi connectivity index (χ2n) is 7.63. The highest BCUT2D eigenvalue weighted by atomic mass is 32.2. The van der Waals surface area contributed by atoms with E-state index < -0.39 is 10.0 Å². The quantitative estimate of drug-likeness (QED) is 0.703. The predicted molar refractivity (Wildman–Crippen MR) is 114 cm³/mol. The van der Waals surface area contributed by atoms with E-state index in [-0.39, 0.29) is 22.9 Å². The van der Waals surface area contributed by atoms with Crippen LogP contribution in [-0.2, 0) is 10.0 Å². The molecule has 3 rings (SSSR count). The molecule has 156 valence electrons. The number of anilines is 1. The van der Waals surface area contributed by atoms with Crippen molar-refractivity contribution < 1.29 is 17.9 Å². The number of carbonyl (C=O) groups is 1. The molecule has 1 saturated carbocycles. The van der Waals surface area contributed by atoms with Crippen LogP contribution in [0.15, 0.2) is 53.4 Å². The first kappa shape index (κ1) is 21.3. The van der Waals surface area contributed by atoms with Crippen molar-refractivity contribution in [2.24, 2.45) is 0 Å². The summed E-state index contributed by atoms with van der Waals surface area (Å²) in [4.78, 5) is 12.7. The van der Waals surface area contributed by atoms with E-state index in [9.17, 15) is 13.2 Å². The van der Waals surface area contributed by atoms with E-state index in [1.54, 1.807) is 36.4 Å². The molecular weight excluding hydrogens is 388 g/mol. The Morgan fingerprint density at radius 3 is 2.38 bits per heavy atom. The average Bonchev–Trinajstić information content (AvgIpc) is 2.68. The Balaban J connectivity index is 1.65. The van der Waals surface area contributed by atoms with Crippen LogP contribution in [0.3, 0.4) is 0 Å². The van der Waals surface area contributed by atoms with E-state index >= 15 is 0 Å². The number of hydrogen-bond donors (Lipinski definition) is 2. The summed E-state index contributed by atoms with van der Waals surface area (Å²) in [6.07, 6.45) is 5.06. The Morgan fingerprint density at radius 1 is 1.03 bits per heavy atom. The lowest BCUT2D eigenvalue weighted by atomic mass is 9.96. The Labute approximate surface area is 172 Å². The number of ether oxygens (including phenoxy) is 1. The summed E-state index contributed by atoms with van der Waals surface area (Å²) in [6, 6.07) is 13.2. The highest BCUT2D eigenvalue weighted by Crippen LogP contribution is 2.21. The Hall–Kier alpha value is -2.38. The van der Waals surface area contributed by atoms with Gasteiger partial charge in [-0.15, -0.1) is 0 Å². The van der Waals surface area contributed by atoms with Crippen LogP contribution < -0.4 is 14.8 Å². The molecule has 0 unspecified atom stereocenters. The van der Waals surface area contributed by atoms with Gasteiger partial charge in [0.05, 0.1) is 11.0 Å². The maximum atomic E-state index is 12.6. The molecule has 0 heterocycles. The maximum Gasteiger partial charge on any atom is 0.255 e. The molecule has 0 bridgehead atoms. The van der Waals surface area contributed by atoms with Crippen molar-refractivity contribution in [2.75, 3.05) is 5.32 Å². The molecule has 0 radical (unpaired) electrons. The average molecular weight is 417 g/mol. The fourth-order valence-corrected chi connectivity index (χ4v) is 4.72. The van der Waals surface area contributed by atoms with Crippen molar-refractivity contribution in [1.29, 1.82) is 0 Å². The summed E-state index contributed by atoms with van der Waals surface area (Å²) in [7, 11) is -3.55. The third kappa shape index (κ3) is 6.05. The molecular formula is C22H28N2O4S. The predicted octanol–water partition coefficient (Wildman–Crippen LogP) is 4.34. The van der Waals surface area contributed by atoms with Gasteiger partial charge in [-0.05, 0) is 69.2 Å². The van der Waals surface area contributed by atoms with Crippen LogP contribution in [0.2, 0.25) is 0 Å². The molecule has 2 aromatic carbocycles. The van der Waals surface area contributed by atoms with Gasteiger partial charge in [0.2, 0.25) is 10.0 Å². The number of rotatable bonds is 7. The van der Waals surface area contributed by atoms with Gasteiger partial charge in [0.15, 0.2) is 0 Å². The molecule has 2 aromatic rings. The maximum absolute atomic E-state index is 12.6. The van der Waals surface area contributed by atoms with E-state index in [0.717, 1.165) is 25.7 Å². The van der Waals surface area contributed by atoms with Crippen LogP contribution in [0, 0.1) is 0 Å². The van der Waals surface area contributed by atoms with E-state index in [0.29, 0.717) is 17.0 Å². The molecule has 1 fully saturated rings. The van der Waals surface area contributed by atoms with Gasteiger partial charge in [-0.3, -0.25) is 4.79 Å². The molecule has 29 heavy (non-hydrogen) atoms. The van der Waals surface area contributed by atoms with Gasteiger partial charge < -0.3 is 10.1 Å². The van der Waals surface area contributed by atoms with Gasteiger partial charge in [-0.2, -0.15) is 0 Å². The molecule has 1 aliphatic rings. The molecule has 0 aromatic heterocycles. The van der Waals surface area contributed by atoms with E-state index in [4.69, 9.17) is 4.74 Å². The molecule has 0 spiro atoms. The number of hydrogen-bond acceptors (Lipinski definition) is 4. The third-order valence-corrected chi connectivity index (χ3v) is 6.35. The minimum Gasteiger partial charge on any atom is -0.491 e. The zero-order chi connectivity index (χ0) is 20.9. The summed E-state index contributed by atoms with van der Waals surface area (Å²) in [5.41, 5.74) is 1.00. The molecule has 6 nitrogen and oxygen atoms in total. The first-order valence-electron chi connectivity index (χ1n) is 10.0. The summed E-state index contributed by atoms with van der Waals surface area (Å²) < 4.78 is 33.5. The van der Waals surface area contributed by atoms with Crippen LogP contribution in [0.5, 0.6) is 5.75 Å². The first-order valence-corrected chi connectivity index (χ1v) is 11.5. The Bertz CT molecular complexity index is 934. The zero-order valence-corrected chi connectivity index (χ0v) is 17.7. The van der Waals surface area contributed by atoms with Gasteiger partial charge in [-0.1, -0.05) is 25.3 Å². The number of carbonyl (C=O) groups excluding carboxylic acids is 1. The number of nitrogens with one attached hydrogen (secondary N) is 2. The molecule has 1 amide bonds. The van der Waals surface area contributed by atoms with Crippen molar-refractivity contribution in [3.8, 4) is 5.75 Å². The molecule has 2 N–H and O–H groups in total. The van der Waals surface area contributed by atoms with Crippen LogP contribution in [0.1, 0.15) is 56.3 Å². The van der Waals surface area contributed by atoms with Gasteiger partial charge >= 0.3 is 0 Å². The van der Waals surface area contributed by atoms with Crippen LogP contribution in [0.4, 0.5) is 5.69 Å². The second-order valence-corrected chi connectivity index (χ2v) is 9.34. The van der Waals surface area contributed by atoms with Crippen LogP contribution in [0.25, 0.3) is 0 Å².